The topological polar surface area (TPSA) is 66.0 Å². The first kappa shape index (κ1) is 24.0. The predicted molar refractivity (Wildman–Crippen MR) is 136 cm³/mol. The van der Waals surface area contributed by atoms with E-state index < -0.39 is 0 Å². The lowest BCUT2D eigenvalue weighted by Crippen LogP contribution is -2.12. The smallest absolute Gasteiger partial charge is 0.255 e. The van der Waals surface area contributed by atoms with Gasteiger partial charge in [-0.1, -0.05) is 48.0 Å². The number of methoxy groups -OCH3 is 2. The Hall–Kier alpha value is -4.16. The van der Waals surface area contributed by atoms with Gasteiger partial charge in [0.25, 0.3) is 5.91 Å². The summed E-state index contributed by atoms with van der Waals surface area (Å²) in [6, 6.07) is 27.2. The van der Waals surface area contributed by atoms with Crippen LogP contribution < -0.4 is 24.3 Å². The number of ether oxygens (including phenoxy) is 4. The molecule has 6 nitrogen and oxygen atoms in total. The van der Waals surface area contributed by atoms with Crippen LogP contribution >= 0.6 is 11.6 Å². The van der Waals surface area contributed by atoms with Gasteiger partial charge in [0.05, 0.1) is 19.2 Å². The molecule has 1 N–H and O–H groups in total. The lowest BCUT2D eigenvalue weighted by atomic mass is 10.1. The van der Waals surface area contributed by atoms with Crippen LogP contribution in [0, 0.1) is 0 Å². The molecule has 4 aromatic carbocycles. The van der Waals surface area contributed by atoms with Crippen molar-refractivity contribution in [3.05, 3.63) is 107 Å². The van der Waals surface area contributed by atoms with Crippen LogP contribution in [0.3, 0.4) is 0 Å². The van der Waals surface area contributed by atoms with E-state index in [1.807, 2.05) is 48.5 Å². The van der Waals surface area contributed by atoms with E-state index in [2.05, 4.69) is 5.32 Å². The van der Waals surface area contributed by atoms with Crippen molar-refractivity contribution in [1.29, 1.82) is 0 Å². The van der Waals surface area contributed by atoms with E-state index in [1.165, 1.54) is 7.11 Å². The molecule has 1 amide bonds. The highest BCUT2D eigenvalue weighted by Gasteiger charge is 2.16. The molecule has 0 atom stereocenters. The maximum absolute atomic E-state index is 12.9. The summed E-state index contributed by atoms with van der Waals surface area (Å²) >= 11 is 6.44. The summed E-state index contributed by atoms with van der Waals surface area (Å²) in [4.78, 5) is 12.9. The van der Waals surface area contributed by atoms with Gasteiger partial charge in [0.1, 0.15) is 23.9 Å². The molecule has 35 heavy (non-hydrogen) atoms. The minimum atomic E-state index is -0.332. The first-order valence-corrected chi connectivity index (χ1v) is 11.2. The van der Waals surface area contributed by atoms with Crippen LogP contribution in [0.15, 0.2) is 91.0 Å². The second-order valence-corrected chi connectivity index (χ2v) is 7.93. The summed E-state index contributed by atoms with van der Waals surface area (Å²) in [6.07, 6.45) is 0. The number of nitrogens with one attached hydrogen (secondary N) is 1. The number of carbonyl (C=O) groups excluding carboxylic acids is 1. The molecule has 0 aliphatic heterocycles. The summed E-state index contributed by atoms with van der Waals surface area (Å²) in [5.41, 5.74) is 1.94. The van der Waals surface area contributed by atoms with Crippen LogP contribution in [0.1, 0.15) is 15.9 Å². The summed E-state index contributed by atoms with van der Waals surface area (Å²) in [5, 5.41) is 3.14. The molecule has 0 spiro atoms. The summed E-state index contributed by atoms with van der Waals surface area (Å²) < 4.78 is 22.3. The number of anilines is 1. The zero-order chi connectivity index (χ0) is 24.6. The fourth-order valence-electron chi connectivity index (χ4n) is 3.33. The fraction of sp³-hybridized carbons (Fsp3) is 0.107. The van der Waals surface area contributed by atoms with Gasteiger partial charge >= 0.3 is 0 Å². The van der Waals surface area contributed by atoms with Crippen molar-refractivity contribution in [1.82, 2.24) is 0 Å². The van der Waals surface area contributed by atoms with E-state index in [-0.39, 0.29) is 10.9 Å². The Morgan fingerprint density at radius 1 is 0.800 bits per heavy atom. The van der Waals surface area contributed by atoms with Gasteiger partial charge < -0.3 is 24.3 Å². The van der Waals surface area contributed by atoms with Crippen LogP contribution in [-0.4, -0.2) is 20.1 Å². The molecule has 7 heteroatoms. The lowest BCUT2D eigenvalue weighted by molar-refractivity contribution is 0.102. The number of rotatable bonds is 9. The number of carbonyl (C=O) groups is 1. The second-order valence-electron chi connectivity index (χ2n) is 7.52. The Balaban J connectivity index is 1.42. The normalized spacial score (nSPS) is 10.4. The van der Waals surface area contributed by atoms with E-state index >= 15 is 0 Å². The van der Waals surface area contributed by atoms with Gasteiger partial charge in [0, 0.05) is 17.3 Å². The average Bonchev–Trinajstić information content (AvgIpc) is 2.89. The molecule has 0 aliphatic carbocycles. The van der Waals surface area contributed by atoms with Gasteiger partial charge in [-0.15, -0.1) is 0 Å². The summed E-state index contributed by atoms with van der Waals surface area (Å²) in [6.45, 7) is 0.326. The van der Waals surface area contributed by atoms with Crippen LogP contribution in [0.5, 0.6) is 28.7 Å². The molecule has 0 bridgehead atoms. The second kappa shape index (κ2) is 11.3. The molecule has 0 heterocycles. The van der Waals surface area contributed by atoms with Crippen molar-refractivity contribution in [2.45, 2.75) is 6.61 Å². The van der Waals surface area contributed by atoms with Gasteiger partial charge in [-0.05, 0) is 54.1 Å². The van der Waals surface area contributed by atoms with Crippen molar-refractivity contribution in [2.75, 3.05) is 19.5 Å². The Morgan fingerprint density at radius 3 is 2.26 bits per heavy atom. The van der Waals surface area contributed by atoms with Crippen LogP contribution in [0.2, 0.25) is 5.02 Å². The number of benzene rings is 4. The minimum absolute atomic E-state index is 0.285. The monoisotopic (exact) mass is 489 g/mol. The van der Waals surface area contributed by atoms with E-state index in [0.717, 1.165) is 5.56 Å². The van der Waals surface area contributed by atoms with Crippen LogP contribution in [-0.2, 0) is 6.61 Å². The van der Waals surface area contributed by atoms with E-state index in [9.17, 15) is 4.79 Å². The average molecular weight is 490 g/mol. The van der Waals surface area contributed by atoms with Gasteiger partial charge in [-0.25, -0.2) is 0 Å². The number of halogens is 1. The van der Waals surface area contributed by atoms with Crippen LogP contribution in [0.4, 0.5) is 5.69 Å². The van der Waals surface area contributed by atoms with Crippen molar-refractivity contribution in [3.8, 4) is 28.7 Å². The zero-order valence-corrected chi connectivity index (χ0v) is 20.0. The molecule has 0 radical (unpaired) electrons. The molecule has 0 saturated heterocycles. The van der Waals surface area contributed by atoms with Crippen molar-refractivity contribution >= 4 is 23.2 Å². The third-order valence-electron chi connectivity index (χ3n) is 5.11. The highest BCUT2D eigenvalue weighted by Crippen LogP contribution is 2.37. The molecule has 178 valence electrons. The summed E-state index contributed by atoms with van der Waals surface area (Å²) in [7, 11) is 3.11. The van der Waals surface area contributed by atoms with Gasteiger partial charge in [-0.2, -0.15) is 0 Å². The summed E-state index contributed by atoms with van der Waals surface area (Å²) in [5.74, 6) is 2.41. The molecule has 0 saturated carbocycles. The quantitative estimate of drug-likeness (QED) is 0.274. The molecular weight excluding hydrogens is 466 g/mol. The number of hydrogen-bond acceptors (Lipinski definition) is 5. The highest BCUT2D eigenvalue weighted by atomic mass is 35.5. The Bertz CT molecular complexity index is 1290. The number of hydrogen-bond donors (Lipinski definition) is 1. The molecule has 0 aromatic heterocycles. The third-order valence-corrected chi connectivity index (χ3v) is 5.39. The van der Waals surface area contributed by atoms with Crippen molar-refractivity contribution in [2.24, 2.45) is 0 Å². The number of amides is 1. The minimum Gasteiger partial charge on any atom is -0.497 e. The Labute approximate surface area is 209 Å². The van der Waals surface area contributed by atoms with E-state index in [4.69, 9.17) is 30.5 Å². The SMILES string of the molecule is COc1cccc(Oc2ccc(NC(=O)c3cc(Cl)c(OCc4ccccc4)c(OC)c3)cc2)c1. The highest BCUT2D eigenvalue weighted by molar-refractivity contribution is 6.32. The fourth-order valence-corrected chi connectivity index (χ4v) is 3.60. The first-order valence-electron chi connectivity index (χ1n) is 10.8. The lowest BCUT2D eigenvalue weighted by Gasteiger charge is -2.14. The largest absolute Gasteiger partial charge is 0.497 e. The molecule has 4 aromatic rings. The van der Waals surface area contributed by atoms with Gasteiger partial charge in [0.2, 0.25) is 0 Å². The molecule has 0 aliphatic rings. The Kier molecular flexibility index (Phi) is 7.75. The molecule has 4 rings (SSSR count). The maximum Gasteiger partial charge on any atom is 0.255 e. The maximum atomic E-state index is 12.9. The van der Waals surface area contributed by atoms with E-state index in [1.54, 1.807) is 49.6 Å². The van der Waals surface area contributed by atoms with Crippen molar-refractivity contribution in [3.63, 3.8) is 0 Å². The predicted octanol–water partition coefficient (Wildman–Crippen LogP) is 6.98. The van der Waals surface area contributed by atoms with Crippen LogP contribution in [0.25, 0.3) is 0 Å². The van der Waals surface area contributed by atoms with Gasteiger partial charge in [0.15, 0.2) is 11.5 Å². The van der Waals surface area contributed by atoms with Gasteiger partial charge in [-0.3, -0.25) is 4.79 Å². The molecule has 0 unspecified atom stereocenters. The standard InChI is InChI=1S/C28H24ClNO5/c1-32-23-9-6-10-24(17-23)35-22-13-11-21(12-14-22)30-28(31)20-15-25(29)27(26(16-20)33-2)34-18-19-7-4-3-5-8-19/h3-17H,18H2,1-2H3,(H,30,31). The van der Waals surface area contributed by atoms with E-state index in [0.29, 0.717) is 46.6 Å². The third kappa shape index (κ3) is 6.25. The van der Waals surface area contributed by atoms with Crippen molar-refractivity contribution < 1.29 is 23.7 Å². The molecular formula is C28H24ClNO5. The molecule has 0 fully saturated rings. The first-order chi connectivity index (χ1) is 17.1. The Morgan fingerprint density at radius 2 is 1.54 bits per heavy atom. The zero-order valence-electron chi connectivity index (χ0n) is 19.3.